The van der Waals surface area contributed by atoms with Crippen molar-refractivity contribution in [3.8, 4) is 17.2 Å². The molecule has 0 saturated heterocycles. The number of ether oxygens (including phenoxy) is 2. The number of hydrogen-bond acceptors (Lipinski definition) is 4. The molecule has 6 nitrogen and oxygen atoms in total. The van der Waals surface area contributed by atoms with Crippen molar-refractivity contribution in [3.63, 3.8) is 0 Å². The lowest BCUT2D eigenvalue weighted by Gasteiger charge is -2.15. The van der Waals surface area contributed by atoms with Crippen molar-refractivity contribution < 1.29 is 27.4 Å². The fraction of sp³-hybridized carbons (Fsp3) is 0.238. The van der Waals surface area contributed by atoms with E-state index in [2.05, 4.69) is 10.4 Å². The molecular formula is C21H20F3N3O3. The Balaban J connectivity index is 1.79. The number of nitrogens with zero attached hydrogens (tertiary/aromatic N) is 2. The highest BCUT2D eigenvalue weighted by Crippen LogP contribution is 2.33. The van der Waals surface area contributed by atoms with Crippen LogP contribution < -0.4 is 14.8 Å². The first kappa shape index (κ1) is 21.2. The van der Waals surface area contributed by atoms with Gasteiger partial charge in [-0.15, -0.1) is 0 Å². The molecule has 3 aromatic rings. The van der Waals surface area contributed by atoms with Crippen LogP contribution >= 0.6 is 0 Å². The largest absolute Gasteiger partial charge is 0.497 e. The number of rotatable bonds is 7. The Hall–Kier alpha value is -3.49. The third-order valence-electron chi connectivity index (χ3n) is 4.40. The average Bonchev–Trinajstić information content (AvgIpc) is 3.26. The van der Waals surface area contributed by atoms with E-state index in [4.69, 9.17) is 9.47 Å². The molecule has 0 aliphatic carbocycles. The zero-order chi connectivity index (χ0) is 21.7. The number of amides is 1. The molecule has 3 rings (SSSR count). The van der Waals surface area contributed by atoms with E-state index < -0.39 is 17.6 Å². The van der Waals surface area contributed by atoms with Crippen LogP contribution in [0.15, 0.2) is 54.9 Å². The second-order valence-corrected chi connectivity index (χ2v) is 6.45. The van der Waals surface area contributed by atoms with Gasteiger partial charge in [0.2, 0.25) is 5.91 Å². The van der Waals surface area contributed by atoms with E-state index in [0.717, 1.165) is 17.7 Å². The Morgan fingerprint density at radius 3 is 2.37 bits per heavy atom. The highest BCUT2D eigenvalue weighted by molar-refractivity contribution is 5.93. The van der Waals surface area contributed by atoms with Crippen LogP contribution in [0.2, 0.25) is 0 Å². The lowest BCUT2D eigenvalue weighted by Crippen LogP contribution is -2.16. The summed E-state index contributed by atoms with van der Waals surface area (Å²) in [6, 6.07) is 10.0. The quantitative estimate of drug-likeness (QED) is 0.613. The molecule has 2 aromatic carbocycles. The molecule has 0 aliphatic heterocycles. The van der Waals surface area contributed by atoms with E-state index in [1.165, 1.54) is 31.2 Å². The number of methoxy groups -OCH3 is 2. The average molecular weight is 419 g/mol. The third kappa shape index (κ3) is 5.11. The highest BCUT2D eigenvalue weighted by Gasteiger charge is 2.31. The number of carbonyl (C=O) groups is 1. The molecule has 0 bridgehead atoms. The molecule has 0 unspecified atom stereocenters. The number of carbonyl (C=O) groups excluding carboxylic acids is 1. The number of alkyl halides is 3. The predicted molar refractivity (Wildman–Crippen MR) is 105 cm³/mol. The van der Waals surface area contributed by atoms with Crippen LogP contribution in [0.1, 0.15) is 17.5 Å². The van der Waals surface area contributed by atoms with Crippen molar-refractivity contribution in [2.45, 2.75) is 19.0 Å². The summed E-state index contributed by atoms with van der Waals surface area (Å²) in [6.45, 7) is 0. The summed E-state index contributed by atoms with van der Waals surface area (Å²) in [7, 11) is 3.05. The Morgan fingerprint density at radius 1 is 1.10 bits per heavy atom. The van der Waals surface area contributed by atoms with E-state index in [1.807, 2.05) is 0 Å². The van der Waals surface area contributed by atoms with Gasteiger partial charge in [0.05, 0.1) is 31.2 Å². The van der Waals surface area contributed by atoms with E-state index >= 15 is 0 Å². The minimum absolute atomic E-state index is 0.0294. The molecule has 0 atom stereocenters. The Morgan fingerprint density at radius 2 is 1.80 bits per heavy atom. The number of anilines is 1. The van der Waals surface area contributed by atoms with Crippen LogP contribution in [0.4, 0.5) is 18.9 Å². The van der Waals surface area contributed by atoms with Crippen molar-refractivity contribution in [2.24, 2.45) is 0 Å². The highest BCUT2D eigenvalue weighted by atomic mass is 19.4. The van der Waals surface area contributed by atoms with Crippen molar-refractivity contribution >= 4 is 11.6 Å². The molecule has 0 aliphatic rings. The van der Waals surface area contributed by atoms with Crippen LogP contribution in [0.5, 0.6) is 11.5 Å². The maximum absolute atomic E-state index is 13.1. The molecule has 158 valence electrons. The zero-order valence-corrected chi connectivity index (χ0v) is 16.4. The van der Waals surface area contributed by atoms with Gasteiger partial charge >= 0.3 is 6.18 Å². The molecule has 1 aromatic heterocycles. The Bertz CT molecular complexity index is 996. The molecule has 1 amide bonds. The Labute approximate surface area is 171 Å². The smallest absolute Gasteiger partial charge is 0.416 e. The number of aromatic nitrogens is 2. The first-order chi connectivity index (χ1) is 14.3. The topological polar surface area (TPSA) is 65.4 Å². The van der Waals surface area contributed by atoms with Crippen molar-refractivity contribution in [3.05, 3.63) is 66.0 Å². The summed E-state index contributed by atoms with van der Waals surface area (Å²) < 4.78 is 51.2. The zero-order valence-electron chi connectivity index (χ0n) is 16.4. The number of nitrogens with one attached hydrogen (secondary N) is 1. The number of benzene rings is 2. The molecular weight excluding hydrogens is 399 g/mol. The van der Waals surface area contributed by atoms with Gasteiger partial charge < -0.3 is 14.8 Å². The van der Waals surface area contributed by atoms with Gasteiger partial charge in [-0.1, -0.05) is 0 Å². The summed E-state index contributed by atoms with van der Waals surface area (Å²) in [5.41, 5.74) is 0.315. The lowest BCUT2D eigenvalue weighted by molar-refractivity contribution is -0.137. The molecule has 0 radical (unpaired) electrons. The molecule has 9 heteroatoms. The van der Waals surface area contributed by atoms with Crippen LogP contribution in [0.25, 0.3) is 5.69 Å². The predicted octanol–water partition coefficient (Wildman–Crippen LogP) is 4.48. The second-order valence-electron chi connectivity index (χ2n) is 6.45. The summed E-state index contributed by atoms with van der Waals surface area (Å²) in [5.74, 6) is 0.747. The molecule has 0 fully saturated rings. The number of aryl methyl sites for hydroxylation is 1. The Kier molecular flexibility index (Phi) is 6.29. The standard InChI is InChI=1S/C21H20F3N3O3/c1-29-16-10-14(11-17(13-16)30-2)4-7-20(28)26-18-12-15(21(22,23)24)5-6-19(18)27-9-3-8-25-27/h3,5-6,8-13H,4,7H2,1-2H3,(H,26,28). The van der Waals surface area contributed by atoms with Gasteiger partial charge in [0, 0.05) is 24.9 Å². The van der Waals surface area contributed by atoms with Gasteiger partial charge in [-0.3, -0.25) is 4.79 Å². The van der Waals surface area contributed by atoms with Crippen molar-refractivity contribution in [2.75, 3.05) is 19.5 Å². The van der Waals surface area contributed by atoms with Crippen LogP contribution in [-0.4, -0.2) is 29.9 Å². The minimum atomic E-state index is -4.53. The second kappa shape index (κ2) is 8.89. The third-order valence-corrected chi connectivity index (χ3v) is 4.40. The van der Waals surface area contributed by atoms with Crippen molar-refractivity contribution in [1.82, 2.24) is 9.78 Å². The van der Waals surface area contributed by atoms with Crippen LogP contribution in [0, 0.1) is 0 Å². The number of hydrogen-bond donors (Lipinski definition) is 1. The first-order valence-electron chi connectivity index (χ1n) is 9.03. The van der Waals surface area contributed by atoms with Gasteiger partial charge in [-0.2, -0.15) is 18.3 Å². The molecule has 0 spiro atoms. The fourth-order valence-electron chi connectivity index (χ4n) is 2.90. The van der Waals surface area contributed by atoms with Gasteiger partial charge in [-0.05, 0) is 48.4 Å². The first-order valence-corrected chi connectivity index (χ1v) is 9.03. The van der Waals surface area contributed by atoms with Gasteiger partial charge in [0.25, 0.3) is 0 Å². The molecule has 0 saturated carbocycles. The summed E-state index contributed by atoms with van der Waals surface area (Å²) in [6.07, 6.45) is -1.03. The normalized spacial score (nSPS) is 11.2. The van der Waals surface area contributed by atoms with Gasteiger partial charge in [0.15, 0.2) is 0 Å². The summed E-state index contributed by atoms with van der Waals surface area (Å²) in [5, 5.41) is 6.61. The SMILES string of the molecule is COc1cc(CCC(=O)Nc2cc(C(F)(F)F)ccc2-n2cccn2)cc(OC)c1. The number of halogens is 3. The maximum atomic E-state index is 13.1. The minimum Gasteiger partial charge on any atom is -0.497 e. The van der Waals surface area contributed by atoms with Gasteiger partial charge in [0.1, 0.15) is 11.5 Å². The maximum Gasteiger partial charge on any atom is 0.416 e. The fourth-order valence-corrected chi connectivity index (χ4v) is 2.90. The summed E-state index contributed by atoms with van der Waals surface area (Å²) >= 11 is 0. The molecule has 1 heterocycles. The van der Waals surface area contributed by atoms with E-state index in [0.29, 0.717) is 23.6 Å². The van der Waals surface area contributed by atoms with Crippen LogP contribution in [-0.2, 0) is 17.4 Å². The molecule has 1 N–H and O–H groups in total. The van der Waals surface area contributed by atoms with E-state index in [-0.39, 0.29) is 12.1 Å². The van der Waals surface area contributed by atoms with E-state index in [9.17, 15) is 18.0 Å². The van der Waals surface area contributed by atoms with Crippen molar-refractivity contribution in [1.29, 1.82) is 0 Å². The molecule has 30 heavy (non-hydrogen) atoms. The van der Waals surface area contributed by atoms with Crippen LogP contribution in [0.3, 0.4) is 0 Å². The summed E-state index contributed by atoms with van der Waals surface area (Å²) in [4.78, 5) is 12.5. The van der Waals surface area contributed by atoms with E-state index in [1.54, 1.807) is 30.5 Å². The lowest BCUT2D eigenvalue weighted by atomic mass is 10.1. The van der Waals surface area contributed by atoms with Gasteiger partial charge in [-0.25, -0.2) is 4.68 Å². The monoisotopic (exact) mass is 419 g/mol.